The number of nitrogens with one attached hydrogen (secondary N) is 1. The van der Waals surface area contributed by atoms with E-state index in [1.165, 1.54) is 6.07 Å². The molecule has 1 amide bonds. The van der Waals surface area contributed by atoms with E-state index in [9.17, 15) is 13.2 Å². The van der Waals surface area contributed by atoms with Gasteiger partial charge in [-0.3, -0.25) is 4.79 Å². The highest BCUT2D eigenvalue weighted by Crippen LogP contribution is 2.32. The molecule has 0 atom stereocenters. The normalized spacial score (nSPS) is 11.4. The second-order valence-electron chi connectivity index (χ2n) is 6.73. The summed E-state index contributed by atoms with van der Waals surface area (Å²) in [4.78, 5) is 12.7. The summed E-state index contributed by atoms with van der Waals surface area (Å²) < 4.78 is 31.4. The first kappa shape index (κ1) is 23.1. The van der Waals surface area contributed by atoms with Gasteiger partial charge >= 0.3 is 0 Å². The molecule has 0 saturated heterocycles. The van der Waals surface area contributed by atoms with Crippen LogP contribution in [0.15, 0.2) is 72.8 Å². The Morgan fingerprint density at radius 1 is 1.00 bits per heavy atom. The molecule has 0 aliphatic carbocycles. The van der Waals surface area contributed by atoms with E-state index in [2.05, 4.69) is 5.32 Å². The third kappa shape index (κ3) is 6.70. The van der Waals surface area contributed by atoms with E-state index in [1.807, 2.05) is 18.2 Å². The maximum absolute atomic E-state index is 12.7. The van der Waals surface area contributed by atoms with E-state index < -0.39 is 22.5 Å². The van der Waals surface area contributed by atoms with Gasteiger partial charge < -0.3 is 10.1 Å². The molecule has 3 rings (SSSR count). The van der Waals surface area contributed by atoms with E-state index in [-0.39, 0.29) is 6.54 Å². The van der Waals surface area contributed by atoms with Crippen molar-refractivity contribution in [3.05, 3.63) is 88.4 Å². The Morgan fingerprint density at radius 3 is 2.35 bits per heavy atom. The number of ether oxygens (including phenoxy) is 1. The number of benzene rings is 3. The largest absolute Gasteiger partial charge is 0.455 e. The van der Waals surface area contributed by atoms with Crippen LogP contribution in [-0.2, 0) is 21.4 Å². The first-order valence-corrected chi connectivity index (χ1v) is 11.8. The van der Waals surface area contributed by atoms with Gasteiger partial charge in [0.05, 0.1) is 18.5 Å². The summed E-state index contributed by atoms with van der Waals surface area (Å²) in [6.07, 6.45) is 1.04. The quantitative estimate of drug-likeness (QED) is 0.483. The van der Waals surface area contributed by atoms with Gasteiger partial charge in [0.25, 0.3) is 0 Å². The molecule has 0 spiro atoms. The number of nitrogens with zero attached hydrogens (tertiary/aromatic N) is 1. The molecule has 0 aromatic heterocycles. The van der Waals surface area contributed by atoms with Gasteiger partial charge in [0.1, 0.15) is 5.75 Å². The van der Waals surface area contributed by atoms with Crippen molar-refractivity contribution in [3.8, 4) is 11.5 Å². The smallest absolute Gasteiger partial charge is 0.239 e. The molecule has 0 aliphatic heterocycles. The number of rotatable bonds is 8. The van der Waals surface area contributed by atoms with Crippen LogP contribution >= 0.6 is 23.2 Å². The van der Waals surface area contributed by atoms with Crippen LogP contribution in [0.1, 0.15) is 5.56 Å². The predicted molar refractivity (Wildman–Crippen MR) is 123 cm³/mol. The summed E-state index contributed by atoms with van der Waals surface area (Å²) >= 11 is 12.2. The van der Waals surface area contributed by atoms with Crippen molar-refractivity contribution in [2.45, 2.75) is 6.54 Å². The summed E-state index contributed by atoms with van der Waals surface area (Å²) in [5.41, 5.74) is 0.922. The molecule has 0 unspecified atom stereocenters. The Balaban J connectivity index is 1.78. The fourth-order valence-electron chi connectivity index (χ4n) is 2.76. The van der Waals surface area contributed by atoms with Crippen molar-refractivity contribution in [2.75, 3.05) is 18.1 Å². The molecule has 3 aromatic carbocycles. The first-order chi connectivity index (χ1) is 14.7. The van der Waals surface area contributed by atoms with Gasteiger partial charge in [-0.05, 0) is 42.0 Å². The van der Waals surface area contributed by atoms with Gasteiger partial charge in [0.2, 0.25) is 15.9 Å². The van der Waals surface area contributed by atoms with Crippen LogP contribution < -0.4 is 10.1 Å². The standard InChI is InChI=1S/C22H20Cl2N2O4S/c1-31(28,29)26(14-16-7-5-6-10-19(16)24)15-22(27)25-20-13-17(23)11-12-21(20)30-18-8-3-2-4-9-18/h2-13H,14-15H2,1H3,(H,25,27). The maximum Gasteiger partial charge on any atom is 0.239 e. The molecule has 9 heteroatoms. The minimum absolute atomic E-state index is 0.0329. The van der Waals surface area contributed by atoms with E-state index in [1.54, 1.807) is 48.5 Å². The fourth-order valence-corrected chi connectivity index (χ4v) is 3.85. The van der Waals surface area contributed by atoms with Gasteiger partial charge in [0.15, 0.2) is 5.75 Å². The van der Waals surface area contributed by atoms with Crippen LogP contribution in [0.4, 0.5) is 5.69 Å². The van der Waals surface area contributed by atoms with E-state index >= 15 is 0 Å². The second kappa shape index (κ2) is 10.2. The van der Waals surface area contributed by atoms with Crippen molar-refractivity contribution >= 4 is 44.8 Å². The molecule has 31 heavy (non-hydrogen) atoms. The number of halogens is 2. The molecule has 1 N–H and O–H groups in total. The summed E-state index contributed by atoms with van der Waals surface area (Å²) in [5, 5.41) is 3.50. The SMILES string of the molecule is CS(=O)(=O)N(CC(=O)Nc1cc(Cl)ccc1Oc1ccccc1)Cc1ccccc1Cl. The summed E-state index contributed by atoms with van der Waals surface area (Å²) in [6.45, 7) is -0.434. The monoisotopic (exact) mass is 478 g/mol. The van der Waals surface area contributed by atoms with Gasteiger partial charge in [-0.25, -0.2) is 8.42 Å². The van der Waals surface area contributed by atoms with Crippen LogP contribution in [0.25, 0.3) is 0 Å². The van der Waals surface area contributed by atoms with Crippen LogP contribution in [0, 0.1) is 0 Å². The number of carbonyl (C=O) groups excluding carboxylic acids is 1. The summed E-state index contributed by atoms with van der Waals surface area (Å²) in [7, 11) is -3.68. The molecule has 0 bridgehead atoms. The molecule has 6 nitrogen and oxygen atoms in total. The van der Waals surface area contributed by atoms with Crippen LogP contribution in [0.2, 0.25) is 10.0 Å². The summed E-state index contributed by atoms with van der Waals surface area (Å²) in [6, 6.07) is 20.7. The first-order valence-electron chi connectivity index (χ1n) is 9.23. The average Bonchev–Trinajstić information content (AvgIpc) is 2.71. The lowest BCUT2D eigenvalue weighted by Crippen LogP contribution is -2.37. The van der Waals surface area contributed by atoms with E-state index in [0.717, 1.165) is 10.6 Å². The number of para-hydroxylation sites is 1. The zero-order valence-corrected chi connectivity index (χ0v) is 18.9. The number of carbonyl (C=O) groups is 1. The number of sulfonamides is 1. The Labute approximate surface area is 191 Å². The number of hydrogen-bond acceptors (Lipinski definition) is 4. The minimum atomic E-state index is -3.68. The molecule has 0 heterocycles. The Bertz CT molecular complexity index is 1170. The van der Waals surface area contributed by atoms with Crippen molar-refractivity contribution in [3.63, 3.8) is 0 Å². The molecule has 162 valence electrons. The molecule has 3 aromatic rings. The van der Waals surface area contributed by atoms with Crippen molar-refractivity contribution in [2.24, 2.45) is 0 Å². The zero-order valence-electron chi connectivity index (χ0n) is 16.6. The van der Waals surface area contributed by atoms with Gasteiger partial charge in [-0.2, -0.15) is 4.31 Å². The highest BCUT2D eigenvalue weighted by atomic mass is 35.5. The van der Waals surface area contributed by atoms with E-state index in [4.69, 9.17) is 27.9 Å². The second-order valence-corrected chi connectivity index (χ2v) is 9.55. The predicted octanol–water partition coefficient (Wildman–Crippen LogP) is 5.19. The molecule has 0 saturated carbocycles. The molecule has 0 fully saturated rings. The zero-order chi connectivity index (χ0) is 22.4. The highest BCUT2D eigenvalue weighted by molar-refractivity contribution is 7.88. The molecular weight excluding hydrogens is 459 g/mol. The lowest BCUT2D eigenvalue weighted by Gasteiger charge is -2.20. The lowest BCUT2D eigenvalue weighted by atomic mass is 10.2. The average molecular weight is 479 g/mol. The number of amides is 1. The van der Waals surface area contributed by atoms with Crippen LogP contribution in [0.3, 0.4) is 0 Å². The third-order valence-electron chi connectivity index (χ3n) is 4.28. The Kier molecular flexibility index (Phi) is 7.56. The van der Waals surface area contributed by atoms with Gasteiger partial charge in [0, 0.05) is 16.6 Å². The topological polar surface area (TPSA) is 75.7 Å². The summed E-state index contributed by atoms with van der Waals surface area (Å²) in [5.74, 6) is 0.412. The van der Waals surface area contributed by atoms with Crippen LogP contribution in [0.5, 0.6) is 11.5 Å². The van der Waals surface area contributed by atoms with Crippen molar-refractivity contribution < 1.29 is 17.9 Å². The highest BCUT2D eigenvalue weighted by Gasteiger charge is 2.22. The van der Waals surface area contributed by atoms with Crippen LogP contribution in [-0.4, -0.2) is 31.4 Å². The lowest BCUT2D eigenvalue weighted by molar-refractivity contribution is -0.116. The Hall–Kier alpha value is -2.58. The van der Waals surface area contributed by atoms with Crippen molar-refractivity contribution in [1.29, 1.82) is 0 Å². The van der Waals surface area contributed by atoms with E-state index in [0.29, 0.717) is 32.8 Å². The van der Waals surface area contributed by atoms with Crippen molar-refractivity contribution in [1.82, 2.24) is 4.31 Å². The molecule has 0 radical (unpaired) electrons. The molecular formula is C22H20Cl2N2O4S. The fraction of sp³-hybridized carbons (Fsp3) is 0.136. The third-order valence-corrected chi connectivity index (χ3v) is 6.08. The number of hydrogen-bond donors (Lipinski definition) is 1. The van der Waals surface area contributed by atoms with Gasteiger partial charge in [-0.15, -0.1) is 0 Å². The number of anilines is 1. The molecule has 0 aliphatic rings. The van der Waals surface area contributed by atoms with Gasteiger partial charge in [-0.1, -0.05) is 59.6 Å². The Morgan fingerprint density at radius 2 is 1.68 bits per heavy atom. The maximum atomic E-state index is 12.7. The minimum Gasteiger partial charge on any atom is -0.455 e.